The Kier molecular flexibility index (Phi) is 5.16. The van der Waals surface area contributed by atoms with Gasteiger partial charge in [-0.2, -0.15) is 0 Å². The number of ether oxygens (including phenoxy) is 2. The van der Waals surface area contributed by atoms with Gasteiger partial charge in [0.2, 0.25) is 0 Å². The molecule has 1 saturated heterocycles. The molecular weight excluding hydrogens is 328 g/mol. The van der Waals surface area contributed by atoms with E-state index in [4.69, 9.17) is 14.5 Å². The minimum absolute atomic E-state index is 0.364. The van der Waals surface area contributed by atoms with Crippen molar-refractivity contribution in [2.45, 2.75) is 44.9 Å². The number of nitrogens with zero attached hydrogens (tertiary/aromatic N) is 2. The number of methoxy groups -OCH3 is 1. The number of fused-ring (bicyclic) bond motifs is 2. The molecule has 1 fully saturated rings. The number of likely N-dealkylation sites (tertiary alicyclic amines) is 1. The SMILES string of the molecule is COc1cc2c(O)c3c(nc2cc1OCCCN1CCCC1)CCCC3. The summed E-state index contributed by atoms with van der Waals surface area (Å²) < 4.78 is 11.5. The maximum atomic E-state index is 10.7. The number of rotatable bonds is 6. The van der Waals surface area contributed by atoms with Crippen molar-refractivity contribution in [3.8, 4) is 17.2 Å². The summed E-state index contributed by atoms with van der Waals surface area (Å²) in [5, 5.41) is 11.5. The van der Waals surface area contributed by atoms with Crippen molar-refractivity contribution < 1.29 is 14.6 Å². The monoisotopic (exact) mass is 356 g/mol. The molecule has 0 atom stereocenters. The van der Waals surface area contributed by atoms with Crippen LogP contribution in [0, 0.1) is 0 Å². The predicted octanol–water partition coefficient (Wildman–Crippen LogP) is 3.69. The van der Waals surface area contributed by atoms with Gasteiger partial charge >= 0.3 is 0 Å². The second kappa shape index (κ2) is 7.70. The average Bonchev–Trinajstić information content (AvgIpc) is 3.18. The molecule has 1 aromatic heterocycles. The van der Waals surface area contributed by atoms with Crippen molar-refractivity contribution in [1.29, 1.82) is 0 Å². The number of pyridine rings is 1. The molecule has 2 heterocycles. The van der Waals surface area contributed by atoms with Crippen molar-refractivity contribution >= 4 is 10.9 Å². The molecule has 4 rings (SSSR count). The van der Waals surface area contributed by atoms with Gasteiger partial charge in [0.05, 0.1) is 19.2 Å². The Balaban J connectivity index is 1.53. The zero-order valence-corrected chi connectivity index (χ0v) is 15.6. The Bertz CT molecular complexity index is 785. The summed E-state index contributed by atoms with van der Waals surface area (Å²) in [7, 11) is 1.64. The van der Waals surface area contributed by atoms with Crippen molar-refractivity contribution in [2.75, 3.05) is 33.4 Å². The van der Waals surface area contributed by atoms with Crippen LogP contribution in [-0.4, -0.2) is 48.3 Å². The standard InChI is InChI=1S/C21H28N2O3/c1-25-19-13-16-18(22-17-8-3-2-7-15(17)21(16)24)14-20(19)26-12-6-11-23-9-4-5-10-23/h13-14H,2-12H2,1H3,(H,22,24). The number of benzene rings is 1. The third-order valence-electron chi connectivity index (χ3n) is 5.59. The highest BCUT2D eigenvalue weighted by Crippen LogP contribution is 2.39. The highest BCUT2D eigenvalue weighted by atomic mass is 16.5. The minimum atomic E-state index is 0.364. The van der Waals surface area contributed by atoms with E-state index in [0.717, 1.165) is 60.8 Å². The summed E-state index contributed by atoms with van der Waals surface area (Å²) in [6.45, 7) is 4.18. The van der Waals surface area contributed by atoms with Crippen molar-refractivity contribution in [3.05, 3.63) is 23.4 Å². The van der Waals surface area contributed by atoms with Crippen LogP contribution < -0.4 is 9.47 Å². The van der Waals surface area contributed by atoms with Crippen molar-refractivity contribution in [3.63, 3.8) is 0 Å². The van der Waals surface area contributed by atoms with Gasteiger partial charge in [0.15, 0.2) is 11.5 Å². The maximum Gasteiger partial charge on any atom is 0.163 e. The van der Waals surface area contributed by atoms with Gasteiger partial charge in [-0.25, -0.2) is 0 Å². The molecule has 2 aromatic rings. The van der Waals surface area contributed by atoms with E-state index in [-0.39, 0.29) is 0 Å². The summed E-state index contributed by atoms with van der Waals surface area (Å²) in [5.41, 5.74) is 2.83. The van der Waals surface area contributed by atoms with E-state index in [0.29, 0.717) is 23.9 Å². The fourth-order valence-electron chi connectivity index (χ4n) is 4.16. The van der Waals surface area contributed by atoms with Crippen LogP contribution in [0.1, 0.15) is 43.4 Å². The lowest BCUT2D eigenvalue weighted by Gasteiger charge is -2.19. The summed E-state index contributed by atoms with van der Waals surface area (Å²) in [6.07, 6.45) is 7.74. The highest BCUT2D eigenvalue weighted by Gasteiger charge is 2.20. The van der Waals surface area contributed by atoms with Gasteiger partial charge in [0, 0.05) is 29.3 Å². The van der Waals surface area contributed by atoms with Crippen molar-refractivity contribution in [2.24, 2.45) is 0 Å². The number of aromatic hydroxyl groups is 1. The van der Waals surface area contributed by atoms with Gasteiger partial charge in [-0.3, -0.25) is 4.98 Å². The molecular formula is C21H28N2O3. The Labute approximate surface area is 154 Å². The first-order valence-electron chi connectivity index (χ1n) is 9.84. The predicted molar refractivity (Wildman–Crippen MR) is 102 cm³/mol. The average molecular weight is 356 g/mol. The number of hydrogen-bond acceptors (Lipinski definition) is 5. The van der Waals surface area contributed by atoms with Crippen LogP contribution in [0.4, 0.5) is 0 Å². The van der Waals surface area contributed by atoms with E-state index in [1.807, 2.05) is 12.1 Å². The molecule has 0 radical (unpaired) electrons. The zero-order chi connectivity index (χ0) is 17.9. The van der Waals surface area contributed by atoms with Crippen LogP contribution >= 0.6 is 0 Å². The zero-order valence-electron chi connectivity index (χ0n) is 15.6. The van der Waals surface area contributed by atoms with Gasteiger partial charge in [0.25, 0.3) is 0 Å². The normalized spacial score (nSPS) is 17.4. The van der Waals surface area contributed by atoms with E-state index >= 15 is 0 Å². The molecule has 1 N–H and O–H groups in total. The third-order valence-corrected chi connectivity index (χ3v) is 5.59. The van der Waals surface area contributed by atoms with E-state index in [2.05, 4.69) is 4.90 Å². The summed E-state index contributed by atoms with van der Waals surface area (Å²) in [6, 6.07) is 3.78. The Morgan fingerprint density at radius 1 is 1.08 bits per heavy atom. The van der Waals surface area contributed by atoms with Crippen LogP contribution in [0.3, 0.4) is 0 Å². The molecule has 2 aliphatic rings. The molecule has 1 aromatic carbocycles. The summed E-state index contributed by atoms with van der Waals surface area (Å²) in [5.74, 6) is 1.74. The lowest BCUT2D eigenvalue weighted by atomic mass is 9.93. The molecule has 0 unspecified atom stereocenters. The number of aryl methyl sites for hydroxylation is 1. The number of hydrogen-bond donors (Lipinski definition) is 1. The Morgan fingerprint density at radius 2 is 1.88 bits per heavy atom. The fraction of sp³-hybridized carbons (Fsp3) is 0.571. The molecule has 0 saturated carbocycles. The van der Waals surface area contributed by atoms with Gasteiger partial charge in [0.1, 0.15) is 5.75 Å². The Hall–Kier alpha value is -2.01. The quantitative estimate of drug-likeness (QED) is 0.800. The molecule has 0 amide bonds. The van der Waals surface area contributed by atoms with Gasteiger partial charge in [-0.1, -0.05) is 0 Å². The smallest absolute Gasteiger partial charge is 0.163 e. The van der Waals surface area contributed by atoms with E-state index in [1.165, 1.54) is 25.9 Å². The van der Waals surface area contributed by atoms with E-state index in [9.17, 15) is 5.11 Å². The second-order valence-corrected chi connectivity index (χ2v) is 7.36. The molecule has 5 heteroatoms. The van der Waals surface area contributed by atoms with Gasteiger partial charge < -0.3 is 19.5 Å². The molecule has 1 aliphatic heterocycles. The van der Waals surface area contributed by atoms with Crippen molar-refractivity contribution in [1.82, 2.24) is 9.88 Å². The minimum Gasteiger partial charge on any atom is -0.507 e. The molecule has 26 heavy (non-hydrogen) atoms. The summed E-state index contributed by atoms with van der Waals surface area (Å²) >= 11 is 0. The lowest BCUT2D eigenvalue weighted by Crippen LogP contribution is -2.21. The highest BCUT2D eigenvalue weighted by molar-refractivity contribution is 5.89. The third kappa shape index (κ3) is 3.45. The first-order chi connectivity index (χ1) is 12.8. The van der Waals surface area contributed by atoms with Crippen LogP contribution in [-0.2, 0) is 12.8 Å². The van der Waals surface area contributed by atoms with Gasteiger partial charge in [-0.15, -0.1) is 0 Å². The van der Waals surface area contributed by atoms with Crippen LogP contribution in [0.5, 0.6) is 17.2 Å². The Morgan fingerprint density at radius 3 is 2.69 bits per heavy atom. The lowest BCUT2D eigenvalue weighted by molar-refractivity contribution is 0.254. The molecule has 0 spiro atoms. The van der Waals surface area contributed by atoms with Crippen LogP contribution in [0.15, 0.2) is 12.1 Å². The molecule has 1 aliphatic carbocycles. The largest absolute Gasteiger partial charge is 0.507 e. The van der Waals surface area contributed by atoms with Crippen LogP contribution in [0.2, 0.25) is 0 Å². The summed E-state index contributed by atoms with van der Waals surface area (Å²) in [4.78, 5) is 7.29. The van der Waals surface area contributed by atoms with Crippen LogP contribution in [0.25, 0.3) is 10.9 Å². The fourth-order valence-corrected chi connectivity index (χ4v) is 4.16. The first kappa shape index (κ1) is 17.4. The van der Waals surface area contributed by atoms with Gasteiger partial charge in [-0.05, 0) is 64.1 Å². The first-order valence-corrected chi connectivity index (χ1v) is 9.84. The topological polar surface area (TPSA) is 54.8 Å². The number of aromatic nitrogens is 1. The van der Waals surface area contributed by atoms with E-state index < -0.39 is 0 Å². The maximum absolute atomic E-state index is 10.7. The second-order valence-electron chi connectivity index (χ2n) is 7.36. The van der Waals surface area contributed by atoms with E-state index in [1.54, 1.807) is 7.11 Å². The molecule has 5 nitrogen and oxygen atoms in total. The molecule has 140 valence electrons. The molecule has 0 bridgehead atoms.